The van der Waals surface area contributed by atoms with Gasteiger partial charge in [-0.2, -0.15) is 0 Å². The molecule has 1 amide bonds. The van der Waals surface area contributed by atoms with E-state index in [1.807, 2.05) is 38.1 Å². The third-order valence-corrected chi connectivity index (χ3v) is 2.15. The summed E-state index contributed by atoms with van der Waals surface area (Å²) in [5.74, 6) is 0.00651. The first-order valence-electron chi connectivity index (χ1n) is 5.14. The first-order valence-corrected chi connectivity index (χ1v) is 5.14. The molecule has 0 aromatic heterocycles. The predicted molar refractivity (Wildman–Crippen MR) is 60.7 cm³/mol. The maximum Gasteiger partial charge on any atom is 0.226 e. The van der Waals surface area contributed by atoms with Gasteiger partial charge in [0.25, 0.3) is 0 Å². The van der Waals surface area contributed by atoms with Crippen LogP contribution in [0.3, 0.4) is 0 Å². The summed E-state index contributed by atoms with van der Waals surface area (Å²) in [5.41, 5.74) is 1.87. The Bertz CT molecular complexity index is 317. The third kappa shape index (κ3) is 3.72. The van der Waals surface area contributed by atoms with Crippen LogP contribution in [0.25, 0.3) is 0 Å². The standard InChI is InChI=1S/C12H17NO2/c1-9(2)12(15)13-11-5-3-10(4-6-11)7-8-14/h3-6,9,14H,7-8H2,1-2H3,(H,13,15). The molecular weight excluding hydrogens is 190 g/mol. The molecule has 0 spiro atoms. The minimum Gasteiger partial charge on any atom is -0.396 e. The van der Waals surface area contributed by atoms with Gasteiger partial charge in [-0.05, 0) is 24.1 Å². The SMILES string of the molecule is CC(C)C(=O)Nc1ccc(CCO)cc1. The average Bonchev–Trinajstić information content (AvgIpc) is 2.21. The highest BCUT2D eigenvalue weighted by Gasteiger charge is 2.06. The van der Waals surface area contributed by atoms with Gasteiger partial charge in [-0.25, -0.2) is 0 Å². The summed E-state index contributed by atoms with van der Waals surface area (Å²) in [6.07, 6.45) is 0.651. The number of hydrogen-bond donors (Lipinski definition) is 2. The van der Waals surface area contributed by atoms with E-state index >= 15 is 0 Å². The van der Waals surface area contributed by atoms with Crippen molar-refractivity contribution in [2.24, 2.45) is 5.92 Å². The molecule has 0 aliphatic carbocycles. The highest BCUT2D eigenvalue weighted by Crippen LogP contribution is 2.11. The molecule has 0 radical (unpaired) electrons. The van der Waals surface area contributed by atoms with Gasteiger partial charge in [0.1, 0.15) is 0 Å². The lowest BCUT2D eigenvalue weighted by Crippen LogP contribution is -2.17. The van der Waals surface area contributed by atoms with E-state index in [-0.39, 0.29) is 18.4 Å². The summed E-state index contributed by atoms with van der Waals surface area (Å²) in [6, 6.07) is 7.52. The Morgan fingerprint density at radius 2 is 1.93 bits per heavy atom. The third-order valence-electron chi connectivity index (χ3n) is 2.15. The molecule has 82 valence electrons. The second-order valence-electron chi connectivity index (χ2n) is 3.81. The molecule has 0 fully saturated rings. The van der Waals surface area contributed by atoms with Gasteiger partial charge in [0.2, 0.25) is 5.91 Å². The second kappa shape index (κ2) is 5.51. The largest absolute Gasteiger partial charge is 0.396 e. The van der Waals surface area contributed by atoms with Gasteiger partial charge >= 0.3 is 0 Å². The molecule has 2 N–H and O–H groups in total. The van der Waals surface area contributed by atoms with Crippen molar-refractivity contribution in [3.63, 3.8) is 0 Å². The molecule has 1 rings (SSSR count). The van der Waals surface area contributed by atoms with Crippen molar-refractivity contribution in [3.05, 3.63) is 29.8 Å². The first-order chi connectivity index (χ1) is 7.13. The Kier molecular flexibility index (Phi) is 4.31. The van der Waals surface area contributed by atoms with Crippen LogP contribution in [0, 0.1) is 5.92 Å². The van der Waals surface area contributed by atoms with Crippen LogP contribution in [0.1, 0.15) is 19.4 Å². The Hall–Kier alpha value is -1.35. The lowest BCUT2D eigenvalue weighted by Gasteiger charge is -2.08. The molecule has 0 aliphatic heterocycles. The van der Waals surface area contributed by atoms with Gasteiger partial charge in [0.15, 0.2) is 0 Å². The van der Waals surface area contributed by atoms with Gasteiger partial charge in [-0.15, -0.1) is 0 Å². The Balaban J connectivity index is 2.60. The Morgan fingerprint density at radius 1 is 1.33 bits per heavy atom. The topological polar surface area (TPSA) is 49.3 Å². The number of carbonyl (C=O) groups excluding carboxylic acids is 1. The predicted octanol–water partition coefficient (Wildman–Crippen LogP) is 1.82. The molecule has 0 saturated heterocycles. The number of rotatable bonds is 4. The van der Waals surface area contributed by atoms with Crippen LogP contribution < -0.4 is 5.32 Å². The summed E-state index contributed by atoms with van der Waals surface area (Å²) < 4.78 is 0. The normalized spacial score (nSPS) is 10.4. The highest BCUT2D eigenvalue weighted by atomic mass is 16.2. The quantitative estimate of drug-likeness (QED) is 0.791. The fourth-order valence-corrected chi connectivity index (χ4v) is 1.17. The zero-order chi connectivity index (χ0) is 11.3. The molecular formula is C12H17NO2. The van der Waals surface area contributed by atoms with Crippen molar-refractivity contribution < 1.29 is 9.90 Å². The smallest absolute Gasteiger partial charge is 0.226 e. The Morgan fingerprint density at radius 3 is 2.40 bits per heavy atom. The summed E-state index contributed by atoms with van der Waals surface area (Å²) in [4.78, 5) is 11.4. The fraction of sp³-hybridized carbons (Fsp3) is 0.417. The van der Waals surface area contributed by atoms with Crippen molar-refractivity contribution in [2.75, 3.05) is 11.9 Å². The van der Waals surface area contributed by atoms with Crippen molar-refractivity contribution in [1.82, 2.24) is 0 Å². The minimum atomic E-state index is -0.0119. The van der Waals surface area contributed by atoms with E-state index in [2.05, 4.69) is 5.32 Å². The van der Waals surface area contributed by atoms with Crippen molar-refractivity contribution in [1.29, 1.82) is 0 Å². The van der Waals surface area contributed by atoms with Crippen LogP contribution in [0.2, 0.25) is 0 Å². The van der Waals surface area contributed by atoms with Gasteiger partial charge in [0, 0.05) is 18.2 Å². The highest BCUT2D eigenvalue weighted by molar-refractivity contribution is 5.91. The van der Waals surface area contributed by atoms with Gasteiger partial charge in [-0.3, -0.25) is 4.79 Å². The van der Waals surface area contributed by atoms with Crippen LogP contribution in [0.4, 0.5) is 5.69 Å². The lowest BCUT2D eigenvalue weighted by molar-refractivity contribution is -0.118. The fourth-order valence-electron chi connectivity index (χ4n) is 1.17. The number of carbonyl (C=O) groups is 1. The van der Waals surface area contributed by atoms with Crippen LogP contribution in [-0.4, -0.2) is 17.6 Å². The molecule has 0 unspecified atom stereocenters. The number of aliphatic hydroxyl groups excluding tert-OH is 1. The van der Waals surface area contributed by atoms with Gasteiger partial charge in [-0.1, -0.05) is 26.0 Å². The van der Waals surface area contributed by atoms with E-state index < -0.39 is 0 Å². The number of hydrogen-bond acceptors (Lipinski definition) is 2. The van der Waals surface area contributed by atoms with Crippen molar-refractivity contribution >= 4 is 11.6 Å². The molecule has 0 heterocycles. The second-order valence-corrected chi connectivity index (χ2v) is 3.81. The molecule has 0 atom stereocenters. The van der Waals surface area contributed by atoms with E-state index in [1.54, 1.807) is 0 Å². The van der Waals surface area contributed by atoms with Crippen LogP contribution in [0.15, 0.2) is 24.3 Å². The number of amides is 1. The van der Waals surface area contributed by atoms with Crippen LogP contribution in [-0.2, 0) is 11.2 Å². The molecule has 0 bridgehead atoms. The summed E-state index contributed by atoms with van der Waals surface area (Å²) in [7, 11) is 0. The summed E-state index contributed by atoms with van der Waals surface area (Å²) >= 11 is 0. The lowest BCUT2D eigenvalue weighted by atomic mass is 10.1. The molecule has 0 aliphatic rings. The van der Waals surface area contributed by atoms with Crippen molar-refractivity contribution in [3.8, 4) is 0 Å². The molecule has 1 aromatic rings. The van der Waals surface area contributed by atoms with E-state index in [4.69, 9.17) is 5.11 Å². The summed E-state index contributed by atoms with van der Waals surface area (Å²) in [5, 5.41) is 11.5. The molecule has 0 saturated carbocycles. The monoisotopic (exact) mass is 207 g/mol. The van der Waals surface area contributed by atoms with Crippen LogP contribution >= 0.6 is 0 Å². The number of benzene rings is 1. The molecule has 3 nitrogen and oxygen atoms in total. The van der Waals surface area contributed by atoms with E-state index in [0.29, 0.717) is 6.42 Å². The minimum absolute atomic E-state index is 0.0119. The number of anilines is 1. The molecule has 15 heavy (non-hydrogen) atoms. The number of nitrogens with one attached hydrogen (secondary N) is 1. The van der Waals surface area contributed by atoms with Crippen LogP contribution in [0.5, 0.6) is 0 Å². The van der Waals surface area contributed by atoms with E-state index in [0.717, 1.165) is 11.3 Å². The molecule has 1 aromatic carbocycles. The summed E-state index contributed by atoms with van der Waals surface area (Å²) in [6.45, 7) is 3.86. The van der Waals surface area contributed by atoms with Crippen molar-refractivity contribution in [2.45, 2.75) is 20.3 Å². The maximum atomic E-state index is 11.4. The van der Waals surface area contributed by atoms with Gasteiger partial charge < -0.3 is 10.4 Å². The Labute approximate surface area is 90.1 Å². The van der Waals surface area contributed by atoms with E-state index in [9.17, 15) is 4.79 Å². The zero-order valence-corrected chi connectivity index (χ0v) is 9.16. The van der Waals surface area contributed by atoms with Gasteiger partial charge in [0.05, 0.1) is 0 Å². The average molecular weight is 207 g/mol. The molecule has 3 heteroatoms. The maximum absolute atomic E-state index is 11.4. The number of aliphatic hydroxyl groups is 1. The zero-order valence-electron chi connectivity index (χ0n) is 9.16. The first kappa shape index (κ1) is 11.7. The van der Waals surface area contributed by atoms with E-state index in [1.165, 1.54) is 0 Å².